The van der Waals surface area contributed by atoms with Crippen LogP contribution in [0, 0.1) is 0 Å². The molecule has 0 atom stereocenters. The van der Waals surface area contributed by atoms with Crippen LogP contribution in [-0.2, 0) is 12.8 Å². The minimum Gasteiger partial charge on any atom is -0.493 e. The molecule has 0 spiro atoms. The molecule has 1 aliphatic heterocycles. The summed E-state index contributed by atoms with van der Waals surface area (Å²) in [6, 6.07) is 5.61. The highest BCUT2D eigenvalue weighted by Gasteiger charge is 2.32. The standard InChI is InChI=1S/C24H33N3O2/c1-3-29-23-15-21-19(14-22(23)28-2)24(18-6-4-5-7-20(18)26-21)25-16-10-12-27(13-11-16)17-8-9-17/h14-17H,3-13H2,1-2H3,(H,25,26). The smallest absolute Gasteiger partial charge is 0.163 e. The molecule has 29 heavy (non-hydrogen) atoms. The summed E-state index contributed by atoms with van der Waals surface area (Å²) in [5.74, 6) is 1.58. The number of hydrogen-bond donors (Lipinski definition) is 1. The number of nitrogens with one attached hydrogen (secondary N) is 1. The van der Waals surface area contributed by atoms with Crippen LogP contribution in [0.4, 0.5) is 5.69 Å². The molecule has 2 heterocycles. The number of anilines is 1. The number of fused-ring (bicyclic) bond motifs is 2. The summed E-state index contributed by atoms with van der Waals surface area (Å²) < 4.78 is 11.5. The third-order valence-corrected chi connectivity index (χ3v) is 6.79. The number of benzene rings is 1. The number of pyridine rings is 1. The molecular weight excluding hydrogens is 362 g/mol. The second-order valence-electron chi connectivity index (χ2n) is 8.76. The first-order valence-corrected chi connectivity index (χ1v) is 11.4. The highest BCUT2D eigenvalue weighted by atomic mass is 16.5. The highest BCUT2D eigenvalue weighted by Crippen LogP contribution is 2.40. The van der Waals surface area contributed by atoms with Crippen molar-refractivity contribution in [3.8, 4) is 11.5 Å². The van der Waals surface area contributed by atoms with Gasteiger partial charge in [0.05, 0.1) is 19.2 Å². The quantitative estimate of drug-likeness (QED) is 0.777. The Balaban J connectivity index is 1.51. The first-order chi connectivity index (χ1) is 14.3. The molecule has 5 nitrogen and oxygen atoms in total. The molecule has 0 amide bonds. The number of methoxy groups -OCH3 is 1. The third-order valence-electron chi connectivity index (χ3n) is 6.79. The van der Waals surface area contributed by atoms with Gasteiger partial charge in [0, 0.05) is 48.0 Å². The van der Waals surface area contributed by atoms with Crippen molar-refractivity contribution in [2.45, 2.75) is 70.4 Å². The number of aromatic nitrogens is 1. The molecule has 3 aliphatic rings. The van der Waals surface area contributed by atoms with E-state index in [4.69, 9.17) is 14.5 Å². The van der Waals surface area contributed by atoms with Gasteiger partial charge in [0.25, 0.3) is 0 Å². The summed E-state index contributed by atoms with van der Waals surface area (Å²) in [5.41, 5.74) is 5.03. The second kappa shape index (κ2) is 8.02. The van der Waals surface area contributed by atoms with Gasteiger partial charge >= 0.3 is 0 Å². The number of nitrogens with zero attached hydrogens (tertiary/aromatic N) is 2. The van der Waals surface area contributed by atoms with Crippen molar-refractivity contribution in [1.29, 1.82) is 0 Å². The number of likely N-dealkylation sites (tertiary alicyclic amines) is 1. The van der Waals surface area contributed by atoms with Crippen LogP contribution < -0.4 is 14.8 Å². The van der Waals surface area contributed by atoms with Crippen molar-refractivity contribution >= 4 is 16.6 Å². The van der Waals surface area contributed by atoms with Crippen molar-refractivity contribution in [2.75, 3.05) is 32.1 Å². The average molecular weight is 396 g/mol. The van der Waals surface area contributed by atoms with Crippen molar-refractivity contribution in [2.24, 2.45) is 0 Å². The molecule has 2 fully saturated rings. The first-order valence-electron chi connectivity index (χ1n) is 11.4. The van der Waals surface area contributed by atoms with Crippen molar-refractivity contribution in [1.82, 2.24) is 9.88 Å². The maximum absolute atomic E-state index is 5.82. The molecule has 5 rings (SSSR count). The molecule has 5 heteroatoms. The van der Waals surface area contributed by atoms with E-state index < -0.39 is 0 Å². The number of piperidine rings is 1. The fourth-order valence-corrected chi connectivity index (χ4v) is 5.08. The zero-order valence-electron chi connectivity index (χ0n) is 17.8. The van der Waals surface area contributed by atoms with Crippen LogP contribution >= 0.6 is 0 Å². The summed E-state index contributed by atoms with van der Waals surface area (Å²) in [4.78, 5) is 7.74. The van der Waals surface area contributed by atoms with Gasteiger partial charge in [-0.2, -0.15) is 0 Å². The van der Waals surface area contributed by atoms with Crippen LogP contribution in [0.25, 0.3) is 10.9 Å². The monoisotopic (exact) mass is 395 g/mol. The van der Waals surface area contributed by atoms with Crippen molar-refractivity contribution in [3.63, 3.8) is 0 Å². The van der Waals surface area contributed by atoms with Crippen LogP contribution in [0.1, 0.15) is 56.7 Å². The molecule has 0 unspecified atom stereocenters. The van der Waals surface area contributed by atoms with Gasteiger partial charge in [0.1, 0.15) is 0 Å². The van der Waals surface area contributed by atoms with E-state index in [1.807, 2.05) is 6.92 Å². The number of rotatable bonds is 6. The molecule has 2 aromatic rings. The van der Waals surface area contributed by atoms with Gasteiger partial charge in [-0.1, -0.05) is 0 Å². The van der Waals surface area contributed by atoms with E-state index in [9.17, 15) is 0 Å². The van der Waals surface area contributed by atoms with E-state index in [1.165, 1.54) is 73.9 Å². The maximum atomic E-state index is 5.82. The van der Waals surface area contributed by atoms with E-state index in [-0.39, 0.29) is 0 Å². The van der Waals surface area contributed by atoms with E-state index in [0.29, 0.717) is 12.6 Å². The Morgan fingerprint density at radius 2 is 1.86 bits per heavy atom. The van der Waals surface area contributed by atoms with E-state index in [0.717, 1.165) is 35.9 Å². The largest absolute Gasteiger partial charge is 0.493 e. The topological polar surface area (TPSA) is 46.6 Å². The number of hydrogen-bond acceptors (Lipinski definition) is 5. The predicted molar refractivity (Wildman–Crippen MR) is 117 cm³/mol. The molecule has 1 saturated carbocycles. The van der Waals surface area contributed by atoms with Crippen LogP contribution in [0.3, 0.4) is 0 Å². The Bertz CT molecular complexity index is 886. The van der Waals surface area contributed by atoms with Gasteiger partial charge in [0.15, 0.2) is 11.5 Å². The first kappa shape index (κ1) is 19.0. The lowest BCUT2D eigenvalue weighted by Crippen LogP contribution is -2.40. The average Bonchev–Trinajstić information content (AvgIpc) is 3.59. The molecule has 1 saturated heterocycles. The van der Waals surface area contributed by atoms with Gasteiger partial charge in [-0.15, -0.1) is 0 Å². The Kier molecular flexibility index (Phi) is 5.25. The Hall–Kier alpha value is -2.01. The molecule has 1 aromatic carbocycles. The predicted octanol–water partition coefficient (Wildman–Crippen LogP) is 4.56. The number of ether oxygens (including phenoxy) is 2. The fourth-order valence-electron chi connectivity index (χ4n) is 5.08. The maximum Gasteiger partial charge on any atom is 0.163 e. The Morgan fingerprint density at radius 3 is 2.59 bits per heavy atom. The van der Waals surface area contributed by atoms with Gasteiger partial charge in [-0.05, 0) is 69.9 Å². The van der Waals surface area contributed by atoms with Crippen LogP contribution in [0.15, 0.2) is 12.1 Å². The molecular formula is C24H33N3O2. The fraction of sp³-hybridized carbons (Fsp3) is 0.625. The van der Waals surface area contributed by atoms with Gasteiger partial charge in [-0.25, -0.2) is 0 Å². The van der Waals surface area contributed by atoms with E-state index >= 15 is 0 Å². The minimum atomic E-state index is 0.541. The summed E-state index contributed by atoms with van der Waals surface area (Å²) in [6.07, 6.45) is 9.95. The summed E-state index contributed by atoms with van der Waals surface area (Å²) in [7, 11) is 1.72. The van der Waals surface area contributed by atoms with Gasteiger partial charge < -0.3 is 19.7 Å². The zero-order chi connectivity index (χ0) is 19.8. The van der Waals surface area contributed by atoms with Gasteiger partial charge in [-0.3, -0.25) is 4.98 Å². The van der Waals surface area contributed by atoms with Crippen molar-refractivity contribution < 1.29 is 9.47 Å². The van der Waals surface area contributed by atoms with Crippen LogP contribution in [0.2, 0.25) is 0 Å². The van der Waals surface area contributed by atoms with Crippen LogP contribution in [0.5, 0.6) is 11.5 Å². The Labute approximate surface area is 173 Å². The number of aryl methyl sites for hydroxylation is 1. The molecule has 0 bridgehead atoms. The van der Waals surface area contributed by atoms with Gasteiger partial charge in [0.2, 0.25) is 0 Å². The van der Waals surface area contributed by atoms with E-state index in [2.05, 4.69) is 22.3 Å². The molecule has 156 valence electrons. The summed E-state index contributed by atoms with van der Waals surface area (Å²) in [6.45, 7) is 5.08. The lowest BCUT2D eigenvalue weighted by atomic mass is 9.91. The summed E-state index contributed by atoms with van der Waals surface area (Å²) >= 11 is 0. The third kappa shape index (κ3) is 3.77. The minimum absolute atomic E-state index is 0.541. The lowest BCUT2D eigenvalue weighted by Gasteiger charge is -2.34. The second-order valence-corrected chi connectivity index (χ2v) is 8.76. The highest BCUT2D eigenvalue weighted by molar-refractivity contribution is 5.96. The molecule has 0 radical (unpaired) electrons. The molecule has 1 N–H and O–H groups in total. The molecule has 1 aromatic heterocycles. The normalized spacial score (nSPS) is 20.5. The van der Waals surface area contributed by atoms with E-state index in [1.54, 1.807) is 7.11 Å². The SMILES string of the molecule is CCOc1cc2nc3c(c(NC4CCN(C5CC5)CC4)c2cc1OC)CCCC3. The lowest BCUT2D eigenvalue weighted by molar-refractivity contribution is 0.210. The molecule has 2 aliphatic carbocycles. The van der Waals surface area contributed by atoms with Crippen LogP contribution in [-0.4, -0.2) is 48.8 Å². The van der Waals surface area contributed by atoms with Crippen molar-refractivity contribution in [3.05, 3.63) is 23.4 Å². The zero-order valence-corrected chi connectivity index (χ0v) is 17.8. The Morgan fingerprint density at radius 1 is 1.07 bits per heavy atom. The summed E-state index contributed by atoms with van der Waals surface area (Å²) in [5, 5.41) is 5.15.